The molecule has 0 radical (unpaired) electrons. The number of methoxy groups -OCH3 is 2. The molecule has 2 aromatic carbocycles. The van der Waals surface area contributed by atoms with E-state index in [9.17, 15) is 4.79 Å². The van der Waals surface area contributed by atoms with Crippen LogP contribution in [0.25, 0.3) is 16.9 Å². The van der Waals surface area contributed by atoms with Crippen molar-refractivity contribution in [3.63, 3.8) is 0 Å². The van der Waals surface area contributed by atoms with Crippen LogP contribution in [0.2, 0.25) is 0 Å². The van der Waals surface area contributed by atoms with Crippen molar-refractivity contribution in [1.82, 2.24) is 24.6 Å². The van der Waals surface area contributed by atoms with Gasteiger partial charge in [0.2, 0.25) is 0 Å². The standard InChI is InChI=1S/C28H29N5O3/c1-35-25-9-8-22(18-26(25)36-2)27-24(20-33(30-27)23-6-4-3-5-7-23)28(34)32-16-14-31(15-17-32)19-21-10-12-29-13-11-21/h3-13,18,20H,14-17,19H2,1-2H3. The Morgan fingerprint density at radius 2 is 1.61 bits per heavy atom. The summed E-state index contributed by atoms with van der Waals surface area (Å²) >= 11 is 0. The van der Waals surface area contributed by atoms with E-state index in [1.807, 2.05) is 84.2 Å². The molecule has 8 heteroatoms. The Morgan fingerprint density at radius 1 is 0.889 bits per heavy atom. The molecule has 0 saturated carbocycles. The summed E-state index contributed by atoms with van der Waals surface area (Å²) in [5.74, 6) is 1.19. The number of nitrogens with zero attached hydrogens (tertiary/aromatic N) is 5. The van der Waals surface area contributed by atoms with Gasteiger partial charge in [-0.3, -0.25) is 14.7 Å². The molecule has 0 bridgehead atoms. The summed E-state index contributed by atoms with van der Waals surface area (Å²) in [5.41, 5.74) is 4.09. The fourth-order valence-electron chi connectivity index (χ4n) is 4.47. The van der Waals surface area contributed by atoms with Crippen molar-refractivity contribution >= 4 is 5.91 Å². The van der Waals surface area contributed by atoms with Crippen molar-refractivity contribution in [2.24, 2.45) is 0 Å². The van der Waals surface area contributed by atoms with Crippen LogP contribution in [0, 0.1) is 0 Å². The van der Waals surface area contributed by atoms with Gasteiger partial charge >= 0.3 is 0 Å². The summed E-state index contributed by atoms with van der Waals surface area (Å²) in [6, 6.07) is 19.5. The Bertz CT molecular complexity index is 1320. The van der Waals surface area contributed by atoms with Gasteiger partial charge in [0.15, 0.2) is 11.5 Å². The maximum atomic E-state index is 13.8. The molecular formula is C28H29N5O3. The number of carbonyl (C=O) groups is 1. The predicted octanol–water partition coefficient (Wildman–Crippen LogP) is 3.91. The zero-order chi connectivity index (χ0) is 24.9. The number of pyridine rings is 1. The molecular weight excluding hydrogens is 454 g/mol. The maximum Gasteiger partial charge on any atom is 0.257 e. The van der Waals surface area contributed by atoms with E-state index >= 15 is 0 Å². The van der Waals surface area contributed by atoms with Gasteiger partial charge in [-0.2, -0.15) is 5.10 Å². The van der Waals surface area contributed by atoms with Crippen molar-refractivity contribution in [2.45, 2.75) is 6.54 Å². The van der Waals surface area contributed by atoms with Crippen LogP contribution in [0.15, 0.2) is 79.3 Å². The quantitative estimate of drug-likeness (QED) is 0.397. The molecule has 0 atom stereocenters. The van der Waals surface area contributed by atoms with Gasteiger partial charge in [0.1, 0.15) is 5.69 Å². The molecule has 5 rings (SSSR count). The van der Waals surface area contributed by atoms with Crippen LogP contribution >= 0.6 is 0 Å². The Kier molecular flexibility index (Phi) is 6.95. The normalized spacial score (nSPS) is 14.0. The van der Waals surface area contributed by atoms with E-state index in [4.69, 9.17) is 14.6 Å². The van der Waals surface area contributed by atoms with Crippen LogP contribution in [0.4, 0.5) is 0 Å². The van der Waals surface area contributed by atoms with E-state index in [0.29, 0.717) is 35.8 Å². The predicted molar refractivity (Wildman–Crippen MR) is 138 cm³/mol. The van der Waals surface area contributed by atoms with E-state index in [2.05, 4.69) is 9.88 Å². The van der Waals surface area contributed by atoms with Crippen molar-refractivity contribution in [3.05, 3.63) is 90.4 Å². The highest BCUT2D eigenvalue weighted by Crippen LogP contribution is 2.34. The lowest BCUT2D eigenvalue weighted by atomic mass is 10.1. The summed E-state index contributed by atoms with van der Waals surface area (Å²) in [6.07, 6.45) is 5.46. The first-order valence-corrected chi connectivity index (χ1v) is 11.9. The first-order valence-electron chi connectivity index (χ1n) is 11.9. The molecule has 1 fully saturated rings. The second kappa shape index (κ2) is 10.6. The van der Waals surface area contributed by atoms with Crippen molar-refractivity contribution in [1.29, 1.82) is 0 Å². The lowest BCUT2D eigenvalue weighted by molar-refractivity contribution is 0.0629. The number of amides is 1. The third kappa shape index (κ3) is 4.94. The number of piperazine rings is 1. The zero-order valence-corrected chi connectivity index (χ0v) is 20.5. The molecule has 1 aliphatic rings. The molecule has 0 spiro atoms. The van der Waals surface area contributed by atoms with Crippen molar-refractivity contribution in [2.75, 3.05) is 40.4 Å². The Morgan fingerprint density at radius 3 is 2.31 bits per heavy atom. The highest BCUT2D eigenvalue weighted by atomic mass is 16.5. The van der Waals surface area contributed by atoms with Crippen LogP contribution in [-0.4, -0.2) is 70.9 Å². The van der Waals surface area contributed by atoms with E-state index in [1.54, 1.807) is 18.9 Å². The first-order chi connectivity index (χ1) is 17.7. The SMILES string of the molecule is COc1ccc(-c2nn(-c3ccccc3)cc2C(=O)N2CCN(Cc3ccncc3)CC2)cc1OC. The fourth-order valence-corrected chi connectivity index (χ4v) is 4.47. The Labute approximate surface area is 210 Å². The molecule has 36 heavy (non-hydrogen) atoms. The number of rotatable bonds is 7. The van der Waals surface area contributed by atoms with Gasteiger partial charge in [-0.25, -0.2) is 4.68 Å². The first kappa shape index (κ1) is 23.6. The van der Waals surface area contributed by atoms with Gasteiger partial charge < -0.3 is 14.4 Å². The van der Waals surface area contributed by atoms with Crippen LogP contribution in [-0.2, 0) is 6.54 Å². The number of benzene rings is 2. The zero-order valence-electron chi connectivity index (χ0n) is 20.5. The average Bonchev–Trinajstić information content (AvgIpc) is 3.39. The summed E-state index contributed by atoms with van der Waals surface area (Å²) in [6.45, 7) is 3.80. The van der Waals surface area contributed by atoms with Crippen LogP contribution in [0.1, 0.15) is 15.9 Å². The highest BCUT2D eigenvalue weighted by Gasteiger charge is 2.27. The number of ether oxygens (including phenoxy) is 2. The number of hydrogen-bond donors (Lipinski definition) is 0. The smallest absolute Gasteiger partial charge is 0.257 e. The lowest BCUT2D eigenvalue weighted by Crippen LogP contribution is -2.48. The van der Waals surface area contributed by atoms with Crippen LogP contribution in [0.5, 0.6) is 11.5 Å². The monoisotopic (exact) mass is 483 g/mol. The summed E-state index contributed by atoms with van der Waals surface area (Å²) in [7, 11) is 3.20. The molecule has 0 unspecified atom stereocenters. The van der Waals surface area contributed by atoms with Gasteiger partial charge in [0.25, 0.3) is 5.91 Å². The molecule has 4 aromatic rings. The van der Waals surface area contributed by atoms with Crippen LogP contribution < -0.4 is 9.47 Å². The van der Waals surface area contributed by atoms with Gasteiger partial charge in [0.05, 0.1) is 25.5 Å². The number of aromatic nitrogens is 3. The van der Waals surface area contributed by atoms with Crippen LogP contribution in [0.3, 0.4) is 0 Å². The summed E-state index contributed by atoms with van der Waals surface area (Å²) < 4.78 is 12.7. The van der Waals surface area contributed by atoms with Crippen molar-refractivity contribution < 1.29 is 14.3 Å². The van der Waals surface area contributed by atoms with Gasteiger partial charge in [-0.15, -0.1) is 0 Å². The van der Waals surface area contributed by atoms with E-state index in [0.717, 1.165) is 30.9 Å². The molecule has 1 aliphatic heterocycles. The molecule has 184 valence electrons. The molecule has 1 amide bonds. The molecule has 8 nitrogen and oxygen atoms in total. The molecule has 2 aromatic heterocycles. The minimum Gasteiger partial charge on any atom is -0.493 e. The van der Waals surface area contributed by atoms with Gasteiger partial charge in [-0.1, -0.05) is 18.2 Å². The minimum atomic E-state index is -0.0227. The Balaban J connectivity index is 1.42. The van der Waals surface area contributed by atoms with Crippen molar-refractivity contribution in [3.8, 4) is 28.4 Å². The molecule has 0 N–H and O–H groups in total. The summed E-state index contributed by atoms with van der Waals surface area (Å²) in [4.78, 5) is 22.1. The third-order valence-corrected chi connectivity index (χ3v) is 6.44. The lowest BCUT2D eigenvalue weighted by Gasteiger charge is -2.34. The second-order valence-electron chi connectivity index (χ2n) is 8.67. The van der Waals surface area contributed by atoms with E-state index in [-0.39, 0.29) is 5.91 Å². The number of para-hydroxylation sites is 1. The third-order valence-electron chi connectivity index (χ3n) is 6.44. The topological polar surface area (TPSA) is 72.7 Å². The fraction of sp³-hybridized carbons (Fsp3) is 0.250. The van der Waals surface area contributed by atoms with Gasteiger partial charge in [0, 0.05) is 56.9 Å². The highest BCUT2D eigenvalue weighted by molar-refractivity contribution is 6.00. The maximum absolute atomic E-state index is 13.8. The van der Waals surface area contributed by atoms with E-state index in [1.165, 1.54) is 5.56 Å². The molecule has 3 heterocycles. The minimum absolute atomic E-state index is 0.0227. The number of hydrogen-bond acceptors (Lipinski definition) is 6. The Hall–Kier alpha value is -4.17. The summed E-state index contributed by atoms with van der Waals surface area (Å²) in [5, 5.41) is 4.82. The number of carbonyl (C=O) groups excluding carboxylic acids is 1. The second-order valence-corrected chi connectivity index (χ2v) is 8.67. The van der Waals surface area contributed by atoms with Gasteiger partial charge in [-0.05, 0) is 48.0 Å². The molecule has 1 saturated heterocycles. The molecule has 0 aliphatic carbocycles. The largest absolute Gasteiger partial charge is 0.493 e. The van der Waals surface area contributed by atoms with E-state index < -0.39 is 0 Å². The average molecular weight is 484 g/mol.